The zero-order valence-electron chi connectivity index (χ0n) is 20.7. The summed E-state index contributed by atoms with van der Waals surface area (Å²) < 4.78 is 33.8. The minimum absolute atomic E-state index is 0. The van der Waals surface area contributed by atoms with E-state index in [1.54, 1.807) is 24.0 Å². The van der Waals surface area contributed by atoms with E-state index in [4.69, 9.17) is 4.74 Å². The SMILES string of the molecule is Cc1nc2ccc(-c3ccc4c(c3)CN(C(=O)c3ccc(S(=O)(=O)NC5CC5)cc3C)CCO4)cc2[nH]1.[HH].[HH]. The third-order valence-electron chi connectivity index (χ3n) is 6.90. The molecule has 1 aliphatic heterocycles. The van der Waals surface area contributed by atoms with E-state index >= 15 is 0 Å². The van der Waals surface area contributed by atoms with Crippen LogP contribution in [-0.2, 0) is 16.6 Å². The number of aromatic amines is 1. The third kappa shape index (κ3) is 4.72. The maximum absolute atomic E-state index is 13.5. The number of benzene rings is 3. The molecule has 9 heteroatoms. The van der Waals surface area contributed by atoms with E-state index in [0.717, 1.165) is 52.1 Å². The topological polar surface area (TPSA) is 104 Å². The van der Waals surface area contributed by atoms with Gasteiger partial charge in [-0.15, -0.1) is 0 Å². The molecule has 0 radical (unpaired) electrons. The second-order valence-corrected chi connectivity index (χ2v) is 11.5. The highest BCUT2D eigenvalue weighted by molar-refractivity contribution is 7.89. The minimum Gasteiger partial charge on any atom is -0.491 e. The fraction of sp³-hybridized carbons (Fsp3) is 0.286. The molecule has 0 unspecified atom stereocenters. The van der Waals surface area contributed by atoms with Crippen molar-refractivity contribution in [1.29, 1.82) is 0 Å². The van der Waals surface area contributed by atoms with Crippen molar-refractivity contribution in [2.45, 2.75) is 44.2 Å². The first-order chi connectivity index (χ1) is 17.8. The van der Waals surface area contributed by atoms with Crippen molar-refractivity contribution in [1.82, 2.24) is 19.6 Å². The van der Waals surface area contributed by atoms with Crippen LogP contribution < -0.4 is 9.46 Å². The Hall–Kier alpha value is -3.69. The number of ether oxygens (including phenoxy) is 1. The average molecular weight is 521 g/mol. The van der Waals surface area contributed by atoms with Crippen LogP contribution in [0.4, 0.5) is 0 Å². The standard InChI is InChI=1S/C28H28N4O4S.2H2/c1-17-13-23(37(34,35)31-22-5-6-22)7-8-24(17)28(33)32-11-12-36-27-10-4-19(14-21(27)16-32)20-3-9-25-26(15-20)30-18(2)29-25;;/h3-4,7-10,13-15,22,31H,5-6,11-12,16H2,1-2H3,(H,29,30);2*1H. The molecule has 1 aliphatic carbocycles. The van der Waals surface area contributed by atoms with Crippen molar-refractivity contribution in [3.05, 3.63) is 77.1 Å². The lowest BCUT2D eigenvalue weighted by Gasteiger charge is -2.21. The van der Waals surface area contributed by atoms with Gasteiger partial charge in [-0.05, 0) is 85.8 Å². The number of carbonyl (C=O) groups is 1. The molecular formula is C28H32N4O4S. The van der Waals surface area contributed by atoms with Gasteiger partial charge in [-0.1, -0.05) is 12.1 Å². The van der Waals surface area contributed by atoms with Crippen molar-refractivity contribution >= 4 is 27.0 Å². The van der Waals surface area contributed by atoms with Gasteiger partial charge in [-0.25, -0.2) is 18.1 Å². The van der Waals surface area contributed by atoms with Crippen LogP contribution in [0.5, 0.6) is 5.75 Å². The third-order valence-corrected chi connectivity index (χ3v) is 8.42. The molecule has 0 bridgehead atoms. The first-order valence-electron chi connectivity index (χ1n) is 12.4. The van der Waals surface area contributed by atoms with Crippen molar-refractivity contribution in [3.63, 3.8) is 0 Å². The lowest BCUT2D eigenvalue weighted by Crippen LogP contribution is -2.33. The molecule has 0 saturated heterocycles. The summed E-state index contributed by atoms with van der Waals surface area (Å²) in [6.07, 6.45) is 1.74. The normalized spacial score (nSPS) is 15.8. The Bertz CT molecular complexity index is 1650. The zero-order valence-corrected chi connectivity index (χ0v) is 21.6. The van der Waals surface area contributed by atoms with Crippen LogP contribution in [0.25, 0.3) is 22.2 Å². The predicted octanol–water partition coefficient (Wildman–Crippen LogP) is 4.81. The van der Waals surface area contributed by atoms with Crippen LogP contribution in [0.3, 0.4) is 0 Å². The molecular weight excluding hydrogens is 488 g/mol. The number of imidazole rings is 1. The molecule has 0 spiro atoms. The van der Waals surface area contributed by atoms with Gasteiger partial charge in [-0.2, -0.15) is 0 Å². The summed E-state index contributed by atoms with van der Waals surface area (Å²) in [5, 5.41) is 0. The zero-order chi connectivity index (χ0) is 25.7. The monoisotopic (exact) mass is 520 g/mol. The second kappa shape index (κ2) is 9.00. The molecule has 2 heterocycles. The quantitative estimate of drug-likeness (QED) is 0.393. The van der Waals surface area contributed by atoms with E-state index in [1.807, 2.05) is 31.2 Å². The predicted molar refractivity (Wildman–Crippen MR) is 145 cm³/mol. The Balaban J connectivity index is 0.00000176. The van der Waals surface area contributed by atoms with Crippen molar-refractivity contribution < 1.29 is 20.8 Å². The Morgan fingerprint density at radius 3 is 2.65 bits per heavy atom. The first-order valence-corrected chi connectivity index (χ1v) is 13.9. The minimum atomic E-state index is -3.58. The van der Waals surface area contributed by atoms with Crippen molar-refractivity contribution in [3.8, 4) is 16.9 Å². The Morgan fingerprint density at radius 1 is 1.08 bits per heavy atom. The van der Waals surface area contributed by atoms with Crippen LogP contribution >= 0.6 is 0 Å². The van der Waals surface area contributed by atoms with E-state index in [2.05, 4.69) is 26.8 Å². The highest BCUT2D eigenvalue weighted by Gasteiger charge is 2.29. The van der Waals surface area contributed by atoms with Gasteiger partial charge >= 0.3 is 0 Å². The highest BCUT2D eigenvalue weighted by Crippen LogP contribution is 2.31. The number of aromatic nitrogens is 2. The molecule has 194 valence electrons. The molecule has 2 aliphatic rings. The van der Waals surface area contributed by atoms with Gasteiger partial charge in [0.2, 0.25) is 10.0 Å². The van der Waals surface area contributed by atoms with Crippen LogP contribution in [0, 0.1) is 13.8 Å². The Labute approximate surface area is 218 Å². The van der Waals surface area contributed by atoms with Crippen LogP contribution in [0.1, 0.15) is 43.0 Å². The van der Waals surface area contributed by atoms with E-state index < -0.39 is 10.0 Å². The van der Waals surface area contributed by atoms with Crippen LogP contribution in [0.15, 0.2) is 59.5 Å². The summed E-state index contributed by atoms with van der Waals surface area (Å²) in [4.78, 5) is 23.2. The molecule has 0 atom stereocenters. The van der Waals surface area contributed by atoms with E-state index in [0.29, 0.717) is 30.8 Å². The molecule has 4 aromatic rings. The summed E-state index contributed by atoms with van der Waals surface area (Å²) >= 11 is 0. The maximum Gasteiger partial charge on any atom is 0.254 e. The van der Waals surface area contributed by atoms with Crippen LogP contribution in [-0.4, -0.2) is 48.4 Å². The fourth-order valence-electron chi connectivity index (χ4n) is 4.77. The number of nitrogens with one attached hydrogen (secondary N) is 2. The maximum atomic E-state index is 13.5. The number of H-pyrrole nitrogens is 1. The van der Waals surface area contributed by atoms with E-state index in [-0.39, 0.29) is 19.7 Å². The van der Waals surface area contributed by atoms with Gasteiger partial charge in [0.05, 0.1) is 22.5 Å². The molecule has 37 heavy (non-hydrogen) atoms. The fourth-order valence-corrected chi connectivity index (χ4v) is 6.16. The lowest BCUT2D eigenvalue weighted by molar-refractivity contribution is 0.0732. The first kappa shape index (κ1) is 23.7. The van der Waals surface area contributed by atoms with E-state index in [1.165, 1.54) is 6.07 Å². The molecule has 1 amide bonds. The van der Waals surface area contributed by atoms with Gasteiger partial charge in [-0.3, -0.25) is 4.79 Å². The molecule has 1 aromatic heterocycles. The summed E-state index contributed by atoms with van der Waals surface area (Å²) in [5.74, 6) is 1.49. The van der Waals surface area contributed by atoms with Gasteiger partial charge in [0, 0.05) is 26.6 Å². The molecule has 6 rings (SSSR count). The number of fused-ring (bicyclic) bond motifs is 2. The van der Waals surface area contributed by atoms with Gasteiger partial charge < -0.3 is 14.6 Å². The number of hydrogen-bond donors (Lipinski definition) is 2. The summed E-state index contributed by atoms with van der Waals surface area (Å²) in [7, 11) is -3.58. The summed E-state index contributed by atoms with van der Waals surface area (Å²) in [5.41, 5.74) is 6.03. The molecule has 3 aromatic carbocycles. The van der Waals surface area contributed by atoms with Gasteiger partial charge in [0.25, 0.3) is 5.91 Å². The average Bonchev–Trinajstić information content (AvgIpc) is 3.63. The molecule has 8 nitrogen and oxygen atoms in total. The highest BCUT2D eigenvalue weighted by atomic mass is 32.2. The number of amides is 1. The van der Waals surface area contributed by atoms with Crippen molar-refractivity contribution in [2.24, 2.45) is 0 Å². The molecule has 1 saturated carbocycles. The molecule has 2 N–H and O–H groups in total. The van der Waals surface area contributed by atoms with E-state index in [9.17, 15) is 13.2 Å². The summed E-state index contributed by atoms with van der Waals surface area (Å²) in [6.45, 7) is 4.93. The number of rotatable bonds is 5. The van der Waals surface area contributed by atoms with Crippen LogP contribution in [0.2, 0.25) is 0 Å². The number of aryl methyl sites for hydroxylation is 2. The largest absolute Gasteiger partial charge is 0.491 e. The molecule has 1 fully saturated rings. The second-order valence-electron chi connectivity index (χ2n) is 9.82. The summed E-state index contributed by atoms with van der Waals surface area (Å²) in [6, 6.07) is 16.9. The Morgan fingerprint density at radius 2 is 1.86 bits per heavy atom. The van der Waals surface area contributed by atoms with Gasteiger partial charge in [0.1, 0.15) is 18.2 Å². The van der Waals surface area contributed by atoms with Crippen molar-refractivity contribution in [2.75, 3.05) is 13.2 Å². The lowest BCUT2D eigenvalue weighted by atomic mass is 10.0. The number of hydrogen-bond acceptors (Lipinski definition) is 5. The Kier molecular flexibility index (Phi) is 5.77. The number of nitrogens with zero attached hydrogens (tertiary/aromatic N) is 2. The van der Waals surface area contributed by atoms with Gasteiger partial charge in [0.15, 0.2) is 0 Å². The number of sulfonamides is 1. The number of carbonyl (C=O) groups excluding carboxylic acids is 1. The smallest absolute Gasteiger partial charge is 0.254 e.